The number of nitrogens with zero attached hydrogens (tertiary/aromatic N) is 2. The highest BCUT2D eigenvalue weighted by molar-refractivity contribution is 14.1. The minimum atomic E-state index is -4.99. The van der Waals surface area contributed by atoms with Crippen molar-refractivity contribution in [1.82, 2.24) is 4.98 Å². The van der Waals surface area contributed by atoms with Gasteiger partial charge in [0.2, 0.25) is 5.88 Å². The molecule has 0 radical (unpaired) electrons. The molecule has 0 bridgehead atoms. The van der Waals surface area contributed by atoms with E-state index in [9.17, 15) is 22.0 Å². The molecule has 0 saturated heterocycles. The van der Waals surface area contributed by atoms with E-state index in [2.05, 4.69) is 9.72 Å². The van der Waals surface area contributed by atoms with Gasteiger partial charge >= 0.3 is 6.36 Å². The standard InChI is InChI=1S/C9H4F5IN2O/c10-7(11)5-3-17-8(18-9(12,13)14)4(1-2-16)6(5)15/h3,7H,1H2. The van der Waals surface area contributed by atoms with Crippen LogP contribution in [0.3, 0.4) is 0 Å². The lowest BCUT2D eigenvalue weighted by molar-refractivity contribution is -0.276. The maximum atomic E-state index is 12.5. The molecular weight excluding hydrogens is 374 g/mol. The van der Waals surface area contributed by atoms with E-state index >= 15 is 0 Å². The molecule has 3 nitrogen and oxygen atoms in total. The van der Waals surface area contributed by atoms with Crippen LogP contribution in [0.4, 0.5) is 22.0 Å². The molecule has 0 unspecified atom stereocenters. The van der Waals surface area contributed by atoms with Crippen LogP contribution < -0.4 is 4.74 Å². The predicted octanol–water partition coefficient (Wildman–Crippen LogP) is 3.59. The van der Waals surface area contributed by atoms with Crippen molar-refractivity contribution in [2.75, 3.05) is 0 Å². The highest BCUT2D eigenvalue weighted by Crippen LogP contribution is 2.33. The summed E-state index contributed by atoms with van der Waals surface area (Å²) in [4.78, 5) is 3.19. The summed E-state index contributed by atoms with van der Waals surface area (Å²) in [6, 6.07) is 1.58. The number of hydrogen-bond acceptors (Lipinski definition) is 3. The molecule has 0 amide bonds. The quantitative estimate of drug-likeness (QED) is 0.597. The zero-order valence-corrected chi connectivity index (χ0v) is 10.6. The largest absolute Gasteiger partial charge is 0.574 e. The Labute approximate surface area is 112 Å². The Kier molecular flexibility index (Phi) is 4.66. The van der Waals surface area contributed by atoms with Crippen LogP contribution in [-0.4, -0.2) is 11.3 Å². The van der Waals surface area contributed by atoms with Crippen LogP contribution in [-0.2, 0) is 6.42 Å². The average molecular weight is 378 g/mol. The number of aromatic nitrogens is 1. The first-order valence-electron chi connectivity index (χ1n) is 4.34. The third kappa shape index (κ3) is 3.66. The van der Waals surface area contributed by atoms with E-state index in [4.69, 9.17) is 5.26 Å². The second-order valence-electron chi connectivity index (χ2n) is 2.99. The summed E-state index contributed by atoms with van der Waals surface area (Å²) in [5.74, 6) is -0.877. The van der Waals surface area contributed by atoms with Crippen molar-refractivity contribution in [3.63, 3.8) is 0 Å². The maximum absolute atomic E-state index is 12.5. The second kappa shape index (κ2) is 5.64. The van der Waals surface area contributed by atoms with Gasteiger partial charge in [-0.05, 0) is 22.6 Å². The Bertz CT molecular complexity index is 483. The normalized spacial score (nSPS) is 11.4. The van der Waals surface area contributed by atoms with Crippen molar-refractivity contribution in [3.8, 4) is 11.9 Å². The van der Waals surface area contributed by atoms with E-state index in [-0.39, 0.29) is 9.13 Å². The molecule has 98 valence electrons. The van der Waals surface area contributed by atoms with Crippen LogP contribution in [0.15, 0.2) is 6.20 Å². The van der Waals surface area contributed by atoms with E-state index < -0.39 is 30.7 Å². The molecule has 0 atom stereocenters. The fourth-order valence-corrected chi connectivity index (χ4v) is 1.91. The first-order valence-corrected chi connectivity index (χ1v) is 5.42. The minimum absolute atomic E-state index is 0.154. The Morgan fingerprint density at radius 2 is 2.06 bits per heavy atom. The van der Waals surface area contributed by atoms with Gasteiger partial charge in [-0.15, -0.1) is 13.2 Å². The van der Waals surface area contributed by atoms with E-state index in [0.717, 1.165) is 0 Å². The van der Waals surface area contributed by atoms with Gasteiger partial charge in [-0.3, -0.25) is 0 Å². The number of hydrogen-bond donors (Lipinski definition) is 0. The van der Waals surface area contributed by atoms with Crippen molar-refractivity contribution < 1.29 is 26.7 Å². The molecular formula is C9H4F5IN2O. The molecule has 0 saturated carbocycles. The molecule has 0 N–H and O–H groups in total. The highest BCUT2D eigenvalue weighted by atomic mass is 127. The van der Waals surface area contributed by atoms with Gasteiger partial charge in [-0.25, -0.2) is 13.8 Å². The summed E-state index contributed by atoms with van der Waals surface area (Å²) in [5.41, 5.74) is -0.830. The van der Waals surface area contributed by atoms with E-state index in [1.807, 2.05) is 0 Å². The number of ether oxygens (including phenoxy) is 1. The number of halogens is 6. The van der Waals surface area contributed by atoms with Crippen LogP contribution in [0.25, 0.3) is 0 Å². The van der Waals surface area contributed by atoms with Crippen molar-refractivity contribution in [3.05, 3.63) is 20.9 Å². The monoisotopic (exact) mass is 378 g/mol. The average Bonchev–Trinajstić information content (AvgIpc) is 2.21. The molecule has 0 fully saturated rings. The maximum Gasteiger partial charge on any atom is 0.574 e. The third-order valence-corrected chi connectivity index (χ3v) is 3.07. The Morgan fingerprint density at radius 1 is 1.44 bits per heavy atom. The lowest BCUT2D eigenvalue weighted by Crippen LogP contribution is -2.19. The van der Waals surface area contributed by atoms with Crippen LogP contribution in [0, 0.1) is 14.9 Å². The minimum Gasteiger partial charge on any atom is -0.388 e. The number of rotatable bonds is 3. The van der Waals surface area contributed by atoms with Crippen LogP contribution in [0.2, 0.25) is 0 Å². The van der Waals surface area contributed by atoms with E-state index in [1.54, 1.807) is 6.07 Å². The molecule has 1 heterocycles. The van der Waals surface area contributed by atoms with Crippen molar-refractivity contribution in [2.24, 2.45) is 0 Å². The molecule has 0 aliphatic rings. The van der Waals surface area contributed by atoms with Gasteiger partial charge in [0, 0.05) is 20.9 Å². The Hall–Kier alpha value is -1.18. The van der Waals surface area contributed by atoms with Crippen molar-refractivity contribution in [1.29, 1.82) is 5.26 Å². The smallest absolute Gasteiger partial charge is 0.388 e. The van der Waals surface area contributed by atoms with Gasteiger partial charge in [0.1, 0.15) is 0 Å². The summed E-state index contributed by atoms with van der Waals surface area (Å²) in [7, 11) is 0. The molecule has 0 aliphatic carbocycles. The number of pyridine rings is 1. The van der Waals surface area contributed by atoms with E-state index in [1.165, 1.54) is 22.6 Å². The first-order chi connectivity index (χ1) is 8.26. The van der Waals surface area contributed by atoms with Crippen LogP contribution >= 0.6 is 22.6 Å². The van der Waals surface area contributed by atoms with Gasteiger partial charge in [-0.1, -0.05) is 0 Å². The molecule has 9 heteroatoms. The summed E-state index contributed by atoms with van der Waals surface area (Å²) >= 11 is 1.44. The molecule has 0 aliphatic heterocycles. The van der Waals surface area contributed by atoms with Crippen molar-refractivity contribution in [2.45, 2.75) is 19.2 Å². The molecule has 1 rings (SSSR count). The van der Waals surface area contributed by atoms with Gasteiger partial charge in [0.15, 0.2) is 0 Å². The Balaban J connectivity index is 3.28. The summed E-state index contributed by atoms with van der Waals surface area (Å²) in [6.07, 6.45) is -7.78. The van der Waals surface area contributed by atoms with Gasteiger partial charge < -0.3 is 4.74 Å². The molecule has 0 spiro atoms. The third-order valence-electron chi connectivity index (χ3n) is 1.80. The zero-order valence-electron chi connectivity index (χ0n) is 8.43. The number of nitriles is 1. The van der Waals surface area contributed by atoms with E-state index in [0.29, 0.717) is 6.20 Å². The zero-order chi connectivity index (χ0) is 13.9. The summed E-state index contributed by atoms with van der Waals surface area (Å²) in [5, 5.41) is 8.49. The number of alkyl halides is 5. The first kappa shape index (κ1) is 14.9. The lowest BCUT2D eigenvalue weighted by Gasteiger charge is -2.14. The summed E-state index contributed by atoms with van der Waals surface area (Å²) < 4.78 is 64.7. The Morgan fingerprint density at radius 3 is 2.50 bits per heavy atom. The fraction of sp³-hybridized carbons (Fsp3) is 0.333. The van der Waals surface area contributed by atoms with Gasteiger partial charge in [0.25, 0.3) is 6.43 Å². The molecule has 1 aromatic rings. The highest BCUT2D eigenvalue weighted by Gasteiger charge is 2.34. The fourth-order valence-electron chi connectivity index (χ4n) is 1.11. The molecule has 0 aromatic carbocycles. The van der Waals surface area contributed by atoms with Crippen molar-refractivity contribution >= 4 is 22.6 Å². The summed E-state index contributed by atoms with van der Waals surface area (Å²) in [6.45, 7) is 0. The topological polar surface area (TPSA) is 45.9 Å². The molecule has 1 aromatic heterocycles. The predicted molar refractivity (Wildman–Crippen MR) is 57.9 cm³/mol. The SMILES string of the molecule is N#CCc1c(OC(F)(F)F)ncc(C(F)F)c1I. The van der Waals surface area contributed by atoms with Gasteiger partial charge in [-0.2, -0.15) is 5.26 Å². The van der Waals surface area contributed by atoms with Crippen LogP contribution in [0.5, 0.6) is 5.88 Å². The van der Waals surface area contributed by atoms with Gasteiger partial charge in [0.05, 0.1) is 12.5 Å². The lowest BCUT2D eigenvalue weighted by atomic mass is 10.1. The van der Waals surface area contributed by atoms with Crippen LogP contribution in [0.1, 0.15) is 17.6 Å². The molecule has 18 heavy (non-hydrogen) atoms. The second-order valence-corrected chi connectivity index (χ2v) is 4.07.